The average Bonchev–Trinajstić information content (AvgIpc) is 3.51. The molecule has 0 bridgehead atoms. The Morgan fingerprint density at radius 1 is 0.625 bits per heavy atom. The third-order valence-corrected chi connectivity index (χ3v) is 7.54. The van der Waals surface area contributed by atoms with Crippen LogP contribution in [0, 0.1) is 85.9 Å². The van der Waals surface area contributed by atoms with Gasteiger partial charge in [0.05, 0.1) is 64.2 Å². The Morgan fingerprint density at radius 2 is 1.08 bits per heavy atom. The van der Waals surface area contributed by atoms with Crippen LogP contribution in [0.15, 0.2) is 59.9 Å². The van der Waals surface area contributed by atoms with Crippen LogP contribution in [0.3, 0.4) is 0 Å². The van der Waals surface area contributed by atoms with Crippen LogP contribution in [0.4, 0.5) is 13.2 Å². The maximum Gasteiger partial charge on any atom is 0.573 e. The molecule has 222 valence electrons. The molecule has 0 unspecified atom stereocenters. The Balaban J connectivity index is 1.93. The van der Waals surface area contributed by atoms with E-state index in [1.165, 1.54) is 48.5 Å². The zero-order valence-corrected chi connectivity index (χ0v) is 24.2. The van der Waals surface area contributed by atoms with Crippen LogP contribution >= 0.6 is 0 Å². The Kier molecular flexibility index (Phi) is 7.83. The highest BCUT2D eigenvalue weighted by atomic mass is 19.4. The maximum atomic E-state index is 13.9. The second kappa shape index (κ2) is 11.9. The van der Waals surface area contributed by atoms with Gasteiger partial charge in [-0.25, -0.2) is 4.85 Å². The molecule has 0 aromatic heterocycles. The Labute approximate surface area is 270 Å². The molecule has 0 heterocycles. The molecule has 2 aliphatic rings. The van der Waals surface area contributed by atoms with Crippen molar-refractivity contribution in [2.45, 2.75) is 13.3 Å². The second-order valence-corrected chi connectivity index (χ2v) is 10.2. The third kappa shape index (κ3) is 5.14. The normalized spacial score (nSPS) is 14.8. The van der Waals surface area contributed by atoms with Crippen LogP contribution < -0.4 is 0 Å². The lowest BCUT2D eigenvalue weighted by atomic mass is 9.89. The molecule has 3 aromatic carbocycles. The van der Waals surface area contributed by atoms with E-state index in [1.54, 1.807) is 13.0 Å². The molecule has 0 fully saturated rings. The highest BCUT2D eigenvalue weighted by Crippen LogP contribution is 2.53. The molecule has 0 spiro atoms. The van der Waals surface area contributed by atoms with Gasteiger partial charge in [0.2, 0.25) is 5.70 Å². The summed E-state index contributed by atoms with van der Waals surface area (Å²) in [5.74, 6) is -0.999. The van der Waals surface area contributed by atoms with Crippen LogP contribution in [0.1, 0.15) is 62.6 Å². The zero-order chi connectivity index (χ0) is 34.9. The van der Waals surface area contributed by atoms with Crippen LogP contribution in [-0.2, 0) is 4.74 Å². The zero-order valence-electron chi connectivity index (χ0n) is 24.2. The SMILES string of the molecule is [C-]#[N+]/C(=C1/C(OC(F)(F)F)=C(C#N)c2cc3c(cc21)C(C#N)=C(C)/C3=C(/C#N)c1cc(C#N)cc(C#N)c1)c1cc(C#N)cc(C#N)c1. The van der Waals surface area contributed by atoms with Crippen molar-refractivity contribution in [3.8, 4) is 42.5 Å². The van der Waals surface area contributed by atoms with Crippen molar-refractivity contribution in [3.63, 3.8) is 0 Å². The summed E-state index contributed by atoms with van der Waals surface area (Å²) >= 11 is 0. The van der Waals surface area contributed by atoms with Crippen molar-refractivity contribution in [1.82, 2.24) is 0 Å². The van der Waals surface area contributed by atoms with Crippen LogP contribution in [-0.4, -0.2) is 6.36 Å². The van der Waals surface area contributed by atoms with E-state index in [-0.39, 0.29) is 72.4 Å². The van der Waals surface area contributed by atoms with Crippen LogP contribution in [0.5, 0.6) is 0 Å². The summed E-state index contributed by atoms with van der Waals surface area (Å²) in [6.45, 7) is 9.50. The van der Waals surface area contributed by atoms with E-state index < -0.39 is 29.0 Å². The van der Waals surface area contributed by atoms with E-state index in [0.717, 1.165) is 0 Å². The molecule has 48 heavy (non-hydrogen) atoms. The molecule has 0 N–H and O–H groups in total. The largest absolute Gasteiger partial charge is 0.573 e. The number of alkyl halides is 3. The molecular formula is C36H11F3N8O. The summed E-state index contributed by atoms with van der Waals surface area (Å²) < 4.78 is 45.9. The lowest BCUT2D eigenvalue weighted by Gasteiger charge is -2.15. The number of nitriles is 7. The maximum absolute atomic E-state index is 13.9. The number of benzene rings is 3. The fourth-order valence-electron chi connectivity index (χ4n) is 5.68. The predicted octanol–water partition coefficient (Wildman–Crippen LogP) is 7.49. The minimum atomic E-state index is -5.32. The Morgan fingerprint density at radius 3 is 1.50 bits per heavy atom. The van der Waals surface area contributed by atoms with E-state index >= 15 is 0 Å². The van der Waals surface area contributed by atoms with Crippen molar-refractivity contribution in [2.75, 3.05) is 0 Å². The average molecular weight is 629 g/mol. The molecule has 5 rings (SSSR count). The van der Waals surface area contributed by atoms with Crippen molar-refractivity contribution < 1.29 is 17.9 Å². The first-order valence-electron chi connectivity index (χ1n) is 13.4. The van der Waals surface area contributed by atoms with Crippen molar-refractivity contribution >= 4 is 33.6 Å². The van der Waals surface area contributed by atoms with Gasteiger partial charge in [0.1, 0.15) is 29.5 Å². The van der Waals surface area contributed by atoms with Crippen molar-refractivity contribution in [2.24, 2.45) is 0 Å². The first kappa shape index (κ1) is 31.6. The molecule has 12 heteroatoms. The van der Waals surface area contributed by atoms with Gasteiger partial charge in [-0.2, -0.15) is 36.8 Å². The van der Waals surface area contributed by atoms with Gasteiger partial charge < -0.3 is 4.74 Å². The van der Waals surface area contributed by atoms with Gasteiger partial charge >= 0.3 is 6.36 Å². The van der Waals surface area contributed by atoms with Gasteiger partial charge in [-0.3, -0.25) is 0 Å². The van der Waals surface area contributed by atoms with Gasteiger partial charge in [-0.05, 0) is 83.3 Å². The third-order valence-electron chi connectivity index (χ3n) is 7.54. The fourth-order valence-corrected chi connectivity index (χ4v) is 5.68. The van der Waals surface area contributed by atoms with Crippen molar-refractivity contribution in [1.29, 1.82) is 36.8 Å². The summed E-state index contributed by atoms with van der Waals surface area (Å²) in [7, 11) is 0. The molecule has 0 aliphatic heterocycles. The van der Waals surface area contributed by atoms with Gasteiger partial charge in [-0.1, -0.05) is 0 Å². The summed E-state index contributed by atoms with van der Waals surface area (Å²) in [6.07, 6.45) is -5.32. The first-order valence-corrected chi connectivity index (χ1v) is 13.4. The lowest BCUT2D eigenvalue weighted by Crippen LogP contribution is -2.13. The van der Waals surface area contributed by atoms with Gasteiger partial charge in [0.25, 0.3) is 0 Å². The summed E-state index contributed by atoms with van der Waals surface area (Å²) in [6, 6.07) is 23.7. The van der Waals surface area contributed by atoms with E-state index in [9.17, 15) is 50.0 Å². The molecule has 0 radical (unpaired) electrons. The highest BCUT2D eigenvalue weighted by molar-refractivity contribution is 6.18. The molecule has 0 atom stereocenters. The van der Waals surface area contributed by atoms with E-state index in [0.29, 0.717) is 5.57 Å². The minimum absolute atomic E-state index is 0.0400. The molecule has 2 aliphatic carbocycles. The number of allylic oxidation sites excluding steroid dienone is 6. The monoisotopic (exact) mass is 628 g/mol. The van der Waals surface area contributed by atoms with Gasteiger partial charge in [0, 0.05) is 22.3 Å². The van der Waals surface area contributed by atoms with Gasteiger partial charge in [-0.15, -0.1) is 13.2 Å². The van der Waals surface area contributed by atoms with Gasteiger partial charge in [0.15, 0.2) is 0 Å². The van der Waals surface area contributed by atoms with Crippen LogP contribution in [0.2, 0.25) is 0 Å². The number of ether oxygens (including phenoxy) is 1. The lowest BCUT2D eigenvalue weighted by molar-refractivity contribution is -0.302. The standard InChI is InChI=1S/C36H11F3N8O/c1-18-29(15-44)25-9-28-26(10-27(25)32(18)30(16-45)23-5-19(11-40)3-20(6-23)12-41)31(17-46)35(48-36(37,38)39)33(28)34(47-2)24-7-21(13-42)4-22(8-24)14-43/h3-10H,1H3/b32-30+,34-33+. The molecule has 0 saturated carbocycles. The van der Waals surface area contributed by atoms with E-state index in [4.69, 9.17) is 6.57 Å². The predicted molar refractivity (Wildman–Crippen MR) is 162 cm³/mol. The van der Waals surface area contributed by atoms with Crippen molar-refractivity contribution in [3.05, 3.63) is 127 Å². The molecule has 0 amide bonds. The van der Waals surface area contributed by atoms with E-state index in [2.05, 4.69) is 21.7 Å². The number of hydrogen-bond donors (Lipinski definition) is 0. The number of nitrogens with zero attached hydrogens (tertiary/aromatic N) is 8. The van der Waals surface area contributed by atoms with E-state index in [1.807, 2.05) is 24.3 Å². The molecular weight excluding hydrogens is 617 g/mol. The highest BCUT2D eigenvalue weighted by Gasteiger charge is 2.41. The summed E-state index contributed by atoms with van der Waals surface area (Å²) in [4.78, 5) is 3.45. The number of halogens is 3. The summed E-state index contributed by atoms with van der Waals surface area (Å²) in [5, 5.41) is 68.7. The number of hydrogen-bond acceptors (Lipinski definition) is 8. The molecule has 9 nitrogen and oxygen atoms in total. The summed E-state index contributed by atoms with van der Waals surface area (Å²) in [5.41, 5.74) is -0.698. The second-order valence-electron chi connectivity index (χ2n) is 10.2. The minimum Gasteiger partial charge on any atom is -0.405 e. The number of fused-ring (bicyclic) bond motifs is 2. The first-order chi connectivity index (χ1) is 23.0. The Hall–Kier alpha value is -7.87. The smallest absolute Gasteiger partial charge is 0.405 e. The Bertz CT molecular complexity index is 2450. The topological polar surface area (TPSA) is 180 Å². The molecule has 0 saturated heterocycles. The molecule has 3 aromatic rings. The number of rotatable bonds is 3. The van der Waals surface area contributed by atoms with Crippen LogP contribution in [0.25, 0.3) is 38.4 Å². The fraction of sp³-hybridized carbons (Fsp3) is 0.0556. The quantitative estimate of drug-likeness (QED) is 0.211.